The second-order valence-corrected chi connectivity index (χ2v) is 5.35. The highest BCUT2D eigenvalue weighted by Crippen LogP contribution is 2.32. The van der Waals surface area contributed by atoms with Gasteiger partial charge in [-0.2, -0.15) is 5.26 Å². The number of aryl methyl sites for hydroxylation is 2. The van der Waals surface area contributed by atoms with Crippen molar-refractivity contribution >= 4 is 5.69 Å². The van der Waals surface area contributed by atoms with Crippen LogP contribution in [0.3, 0.4) is 0 Å². The molecule has 2 rings (SSSR count). The van der Waals surface area contributed by atoms with Crippen LogP contribution >= 0.6 is 0 Å². The first kappa shape index (κ1) is 13.7. The highest BCUT2D eigenvalue weighted by atomic mass is 16.5. The lowest BCUT2D eigenvalue weighted by atomic mass is 9.87. The van der Waals surface area contributed by atoms with E-state index in [0.717, 1.165) is 22.6 Å². The molecular formula is C15H20N2O2. The highest BCUT2D eigenvalue weighted by Gasteiger charge is 2.40. The summed E-state index contributed by atoms with van der Waals surface area (Å²) in [6, 6.07) is 6.53. The Morgan fingerprint density at radius 1 is 1.37 bits per heavy atom. The van der Waals surface area contributed by atoms with Crippen molar-refractivity contribution in [3.05, 3.63) is 23.3 Å². The molecule has 4 heteroatoms. The molecule has 0 unspecified atom stereocenters. The van der Waals surface area contributed by atoms with E-state index in [0.29, 0.717) is 19.8 Å². The monoisotopic (exact) mass is 260 g/mol. The van der Waals surface area contributed by atoms with Crippen molar-refractivity contribution in [1.29, 1.82) is 5.26 Å². The second kappa shape index (κ2) is 5.10. The smallest absolute Gasteiger partial charge is 0.122 e. The van der Waals surface area contributed by atoms with Gasteiger partial charge in [0.1, 0.15) is 11.2 Å². The summed E-state index contributed by atoms with van der Waals surface area (Å²) in [5, 5.41) is 9.26. The third-order valence-electron chi connectivity index (χ3n) is 3.66. The minimum atomic E-state index is -0.352. The van der Waals surface area contributed by atoms with Crippen molar-refractivity contribution in [3.63, 3.8) is 0 Å². The van der Waals surface area contributed by atoms with Crippen LogP contribution in [-0.4, -0.2) is 33.9 Å². The maximum absolute atomic E-state index is 9.26. The normalized spacial score (nSPS) is 16.4. The number of nitrogens with zero attached hydrogens (tertiary/aromatic N) is 2. The number of nitriles is 1. The second-order valence-electron chi connectivity index (χ2n) is 5.35. The molecule has 1 aliphatic rings. The molecule has 0 spiro atoms. The summed E-state index contributed by atoms with van der Waals surface area (Å²) in [6.45, 7) is 5.84. The van der Waals surface area contributed by atoms with E-state index in [1.807, 2.05) is 20.0 Å². The molecule has 1 aromatic rings. The van der Waals surface area contributed by atoms with Gasteiger partial charge in [-0.1, -0.05) is 0 Å². The summed E-state index contributed by atoms with van der Waals surface area (Å²) in [5.41, 5.74) is 3.04. The Labute approximate surface area is 114 Å². The van der Waals surface area contributed by atoms with Gasteiger partial charge in [0.2, 0.25) is 0 Å². The first-order valence-corrected chi connectivity index (χ1v) is 6.37. The molecule has 0 aliphatic carbocycles. The summed E-state index contributed by atoms with van der Waals surface area (Å²) < 4.78 is 10.5. The minimum Gasteiger partial charge on any atom is -0.496 e. The van der Waals surface area contributed by atoms with Gasteiger partial charge in [0.05, 0.1) is 26.4 Å². The highest BCUT2D eigenvalue weighted by molar-refractivity contribution is 5.58. The number of hydrogen-bond acceptors (Lipinski definition) is 4. The van der Waals surface area contributed by atoms with Crippen LogP contribution in [0.15, 0.2) is 12.1 Å². The predicted octanol–water partition coefficient (Wildman–Crippen LogP) is 2.29. The molecule has 1 heterocycles. The fourth-order valence-electron chi connectivity index (χ4n) is 2.48. The Balaban J connectivity index is 2.22. The van der Waals surface area contributed by atoms with E-state index in [1.165, 1.54) is 0 Å². The lowest BCUT2D eigenvalue weighted by Crippen LogP contribution is -2.49. The molecule has 0 saturated carbocycles. The number of ether oxygens (including phenoxy) is 2. The van der Waals surface area contributed by atoms with E-state index < -0.39 is 0 Å². The molecule has 0 radical (unpaired) electrons. The maximum Gasteiger partial charge on any atom is 0.122 e. The zero-order valence-electron chi connectivity index (χ0n) is 12.0. The van der Waals surface area contributed by atoms with E-state index in [9.17, 15) is 5.26 Å². The molecule has 102 valence electrons. The van der Waals surface area contributed by atoms with Crippen LogP contribution in [0.5, 0.6) is 5.75 Å². The van der Waals surface area contributed by atoms with E-state index in [-0.39, 0.29) is 5.41 Å². The minimum absolute atomic E-state index is 0.352. The van der Waals surface area contributed by atoms with Crippen LogP contribution in [0.25, 0.3) is 0 Å². The molecule has 0 atom stereocenters. The topological polar surface area (TPSA) is 45.5 Å². The van der Waals surface area contributed by atoms with Crippen molar-refractivity contribution in [2.75, 3.05) is 38.8 Å². The molecule has 19 heavy (non-hydrogen) atoms. The number of anilines is 1. The van der Waals surface area contributed by atoms with E-state index in [4.69, 9.17) is 9.47 Å². The standard InChI is InChI=1S/C15H20N2O2/c1-11-6-14(18-4)12(2)5-13(11)17(3)8-15(7-16)9-19-10-15/h5-6H,8-10H2,1-4H3. The fourth-order valence-corrected chi connectivity index (χ4v) is 2.48. The van der Waals surface area contributed by atoms with Crippen LogP contribution in [-0.2, 0) is 4.74 Å². The van der Waals surface area contributed by atoms with Gasteiger partial charge in [0.25, 0.3) is 0 Å². The van der Waals surface area contributed by atoms with Crippen molar-refractivity contribution in [2.45, 2.75) is 13.8 Å². The molecule has 0 amide bonds. The van der Waals surface area contributed by atoms with Gasteiger partial charge in [-0.15, -0.1) is 0 Å². The third kappa shape index (κ3) is 2.52. The van der Waals surface area contributed by atoms with Gasteiger partial charge in [-0.3, -0.25) is 0 Å². The molecule has 1 fully saturated rings. The zero-order chi connectivity index (χ0) is 14.0. The number of methoxy groups -OCH3 is 1. The average molecular weight is 260 g/mol. The average Bonchev–Trinajstić information content (AvgIpc) is 2.35. The first-order chi connectivity index (χ1) is 9.01. The van der Waals surface area contributed by atoms with Crippen LogP contribution in [0.2, 0.25) is 0 Å². The maximum atomic E-state index is 9.26. The van der Waals surface area contributed by atoms with Gasteiger partial charge in [0.15, 0.2) is 0 Å². The summed E-state index contributed by atoms with van der Waals surface area (Å²) in [7, 11) is 3.70. The molecule has 4 nitrogen and oxygen atoms in total. The Hall–Kier alpha value is -1.73. The number of benzene rings is 1. The van der Waals surface area contributed by atoms with Crippen molar-refractivity contribution in [3.8, 4) is 11.8 Å². The van der Waals surface area contributed by atoms with Crippen molar-refractivity contribution in [2.24, 2.45) is 5.41 Å². The number of hydrogen-bond donors (Lipinski definition) is 0. The van der Waals surface area contributed by atoms with Gasteiger partial charge in [0, 0.05) is 19.3 Å². The van der Waals surface area contributed by atoms with Crippen LogP contribution in [0.4, 0.5) is 5.69 Å². The van der Waals surface area contributed by atoms with E-state index in [1.54, 1.807) is 7.11 Å². The lowest BCUT2D eigenvalue weighted by molar-refractivity contribution is -0.0716. The van der Waals surface area contributed by atoms with E-state index >= 15 is 0 Å². The molecule has 1 saturated heterocycles. The van der Waals surface area contributed by atoms with Gasteiger partial charge >= 0.3 is 0 Å². The van der Waals surface area contributed by atoms with Crippen molar-refractivity contribution < 1.29 is 9.47 Å². The summed E-state index contributed by atoms with van der Waals surface area (Å²) >= 11 is 0. The molecule has 0 aromatic heterocycles. The molecule has 0 N–H and O–H groups in total. The molecule has 1 aromatic carbocycles. The van der Waals surface area contributed by atoms with Crippen LogP contribution in [0.1, 0.15) is 11.1 Å². The van der Waals surface area contributed by atoms with Crippen molar-refractivity contribution in [1.82, 2.24) is 0 Å². The summed E-state index contributed by atoms with van der Waals surface area (Å²) in [5.74, 6) is 0.900. The SMILES string of the molecule is COc1cc(C)c(N(C)CC2(C#N)COC2)cc1C. The summed E-state index contributed by atoms with van der Waals surface area (Å²) in [4.78, 5) is 2.13. The third-order valence-corrected chi connectivity index (χ3v) is 3.66. The Morgan fingerprint density at radius 3 is 2.53 bits per heavy atom. The fraction of sp³-hybridized carbons (Fsp3) is 0.533. The van der Waals surface area contributed by atoms with E-state index in [2.05, 4.69) is 24.0 Å². The molecule has 1 aliphatic heterocycles. The van der Waals surface area contributed by atoms with Gasteiger partial charge in [-0.25, -0.2) is 0 Å². The Bertz CT molecular complexity index is 516. The lowest BCUT2D eigenvalue weighted by Gasteiger charge is -2.39. The Morgan fingerprint density at radius 2 is 2.05 bits per heavy atom. The van der Waals surface area contributed by atoms with Gasteiger partial charge < -0.3 is 14.4 Å². The zero-order valence-corrected chi connectivity index (χ0v) is 12.0. The Kier molecular flexibility index (Phi) is 3.68. The summed E-state index contributed by atoms with van der Waals surface area (Å²) in [6.07, 6.45) is 0. The van der Waals surface area contributed by atoms with Crippen LogP contribution in [0, 0.1) is 30.6 Å². The molecule has 0 bridgehead atoms. The molecular weight excluding hydrogens is 240 g/mol. The largest absolute Gasteiger partial charge is 0.496 e. The van der Waals surface area contributed by atoms with Gasteiger partial charge in [-0.05, 0) is 37.1 Å². The quantitative estimate of drug-likeness (QED) is 0.833. The first-order valence-electron chi connectivity index (χ1n) is 6.37. The van der Waals surface area contributed by atoms with Crippen LogP contribution < -0.4 is 9.64 Å². The predicted molar refractivity (Wildman–Crippen MR) is 74.6 cm³/mol. The number of rotatable bonds is 4.